The van der Waals surface area contributed by atoms with Crippen LogP contribution in [0.2, 0.25) is 0 Å². The maximum Gasteiger partial charge on any atom is 0.239 e. The van der Waals surface area contributed by atoms with Crippen LogP contribution in [0.3, 0.4) is 0 Å². The smallest absolute Gasteiger partial charge is 0.239 e. The summed E-state index contributed by atoms with van der Waals surface area (Å²) in [4.78, 5) is 25.9. The van der Waals surface area contributed by atoms with Crippen LogP contribution in [0.25, 0.3) is 0 Å². The first-order valence-electron chi connectivity index (χ1n) is 6.37. The summed E-state index contributed by atoms with van der Waals surface area (Å²) in [6.45, 7) is 1.23. The van der Waals surface area contributed by atoms with Gasteiger partial charge in [0.05, 0.1) is 0 Å². The minimum Gasteiger partial charge on any atom is -0.355 e. The molecule has 1 N–H and O–H groups in total. The molecule has 0 unspecified atom stereocenters. The average molecular weight is 278 g/mol. The van der Waals surface area contributed by atoms with Gasteiger partial charge < -0.3 is 10.2 Å². The first kappa shape index (κ1) is 13.9. The Hall–Kier alpha value is -1.49. The fraction of sp³-hybridized carbons (Fsp3) is 0.429. The molecule has 0 aliphatic carbocycles. The molecule has 5 heteroatoms. The molecule has 1 fully saturated rings. The van der Waals surface area contributed by atoms with Crippen molar-refractivity contribution in [2.24, 2.45) is 5.92 Å². The lowest BCUT2D eigenvalue weighted by atomic mass is 10.1. The van der Waals surface area contributed by atoms with Gasteiger partial charge in [0.2, 0.25) is 11.8 Å². The predicted molar refractivity (Wildman–Crippen MR) is 78.3 cm³/mol. The van der Waals surface area contributed by atoms with Crippen molar-refractivity contribution < 1.29 is 9.59 Å². The summed E-state index contributed by atoms with van der Waals surface area (Å²) in [7, 11) is 0. The molecule has 2 rings (SSSR count). The van der Waals surface area contributed by atoms with Crippen molar-refractivity contribution in [3.05, 3.63) is 30.3 Å². The van der Waals surface area contributed by atoms with Gasteiger partial charge in [-0.3, -0.25) is 9.59 Å². The summed E-state index contributed by atoms with van der Waals surface area (Å²) >= 11 is 1.67. The number of nitrogens with zero attached hydrogens (tertiary/aromatic N) is 1. The number of rotatable bonds is 5. The summed E-state index contributed by atoms with van der Waals surface area (Å²) in [6.07, 6.45) is 2.59. The van der Waals surface area contributed by atoms with Crippen molar-refractivity contribution in [2.45, 2.75) is 6.42 Å². The Balaban J connectivity index is 1.96. The average Bonchev–Trinajstić information content (AvgIpc) is 2.82. The third-order valence-electron chi connectivity index (χ3n) is 3.20. The maximum absolute atomic E-state index is 12.2. The van der Waals surface area contributed by atoms with Gasteiger partial charge in [-0.2, -0.15) is 11.8 Å². The predicted octanol–water partition coefficient (Wildman–Crippen LogP) is 1.52. The van der Waals surface area contributed by atoms with Crippen LogP contribution in [0.15, 0.2) is 30.3 Å². The molecule has 0 aromatic heterocycles. The number of amides is 2. The van der Waals surface area contributed by atoms with E-state index in [-0.39, 0.29) is 11.8 Å². The summed E-state index contributed by atoms with van der Waals surface area (Å²) in [6, 6.07) is 9.50. The van der Waals surface area contributed by atoms with Gasteiger partial charge in [-0.15, -0.1) is 0 Å². The van der Waals surface area contributed by atoms with Gasteiger partial charge in [-0.1, -0.05) is 18.2 Å². The first-order chi connectivity index (χ1) is 9.24. The third kappa shape index (κ3) is 3.29. The molecular weight excluding hydrogens is 260 g/mol. The minimum absolute atomic E-state index is 0.0900. The van der Waals surface area contributed by atoms with Gasteiger partial charge >= 0.3 is 0 Å². The topological polar surface area (TPSA) is 49.4 Å². The molecule has 1 aromatic rings. The van der Waals surface area contributed by atoms with Crippen LogP contribution >= 0.6 is 11.8 Å². The van der Waals surface area contributed by atoms with Gasteiger partial charge in [-0.05, 0) is 24.8 Å². The molecule has 1 aromatic carbocycles. The number of benzene rings is 1. The highest BCUT2D eigenvalue weighted by Gasteiger charge is 2.37. The second-order valence-corrected chi connectivity index (χ2v) is 5.44. The molecule has 1 heterocycles. The Morgan fingerprint density at radius 3 is 2.84 bits per heavy atom. The van der Waals surface area contributed by atoms with Crippen LogP contribution < -0.4 is 10.2 Å². The van der Waals surface area contributed by atoms with Crippen LogP contribution in [0, 0.1) is 5.92 Å². The summed E-state index contributed by atoms with van der Waals surface area (Å²) < 4.78 is 0. The van der Waals surface area contributed by atoms with E-state index in [0.29, 0.717) is 19.5 Å². The first-order valence-corrected chi connectivity index (χ1v) is 7.76. The molecular formula is C14H18N2O2S. The maximum atomic E-state index is 12.2. The van der Waals surface area contributed by atoms with Gasteiger partial charge in [0.15, 0.2) is 0 Å². The molecule has 1 aliphatic heterocycles. The van der Waals surface area contributed by atoms with Crippen LogP contribution in [0.1, 0.15) is 6.42 Å². The molecule has 0 saturated carbocycles. The second kappa shape index (κ2) is 6.61. The highest BCUT2D eigenvalue weighted by molar-refractivity contribution is 7.98. The van der Waals surface area contributed by atoms with Gasteiger partial charge in [0.1, 0.15) is 5.92 Å². The SMILES string of the molecule is CSCCNC(=O)[C@H]1CCN(c2ccccc2)C1=O. The second-order valence-electron chi connectivity index (χ2n) is 4.45. The minimum atomic E-state index is -0.526. The fourth-order valence-electron chi connectivity index (χ4n) is 2.19. The van der Waals surface area contributed by atoms with Crippen molar-refractivity contribution in [1.82, 2.24) is 5.32 Å². The molecule has 0 radical (unpaired) electrons. The summed E-state index contributed by atoms with van der Waals surface area (Å²) in [5, 5.41) is 2.82. The highest BCUT2D eigenvalue weighted by atomic mass is 32.2. The van der Waals surface area contributed by atoms with E-state index in [1.54, 1.807) is 16.7 Å². The molecule has 4 nitrogen and oxygen atoms in total. The number of hydrogen-bond donors (Lipinski definition) is 1. The highest BCUT2D eigenvalue weighted by Crippen LogP contribution is 2.24. The summed E-state index contributed by atoms with van der Waals surface area (Å²) in [5.74, 6) is 0.113. The normalized spacial score (nSPS) is 18.7. The van der Waals surface area contributed by atoms with Crippen LogP contribution in [0.5, 0.6) is 0 Å². The Bertz CT molecular complexity index is 450. The van der Waals surface area contributed by atoms with E-state index >= 15 is 0 Å². The van der Waals surface area contributed by atoms with Crippen molar-refractivity contribution in [2.75, 3.05) is 30.0 Å². The van der Waals surface area contributed by atoms with Gasteiger partial charge in [-0.25, -0.2) is 0 Å². The Kier molecular flexibility index (Phi) is 4.85. The third-order valence-corrected chi connectivity index (χ3v) is 3.81. The lowest BCUT2D eigenvalue weighted by molar-refractivity contribution is -0.132. The zero-order valence-corrected chi connectivity index (χ0v) is 11.8. The molecule has 1 atom stereocenters. The van der Waals surface area contributed by atoms with E-state index in [1.807, 2.05) is 36.6 Å². The molecule has 2 amide bonds. The van der Waals surface area contributed by atoms with Crippen molar-refractivity contribution >= 4 is 29.3 Å². The molecule has 1 aliphatic rings. The number of carbonyl (C=O) groups excluding carboxylic acids is 2. The fourth-order valence-corrected chi connectivity index (χ4v) is 2.49. The van der Waals surface area contributed by atoms with E-state index in [1.165, 1.54) is 0 Å². The van der Waals surface area contributed by atoms with E-state index in [0.717, 1.165) is 11.4 Å². The molecule has 0 spiro atoms. The van der Waals surface area contributed by atoms with Gasteiger partial charge in [0, 0.05) is 24.5 Å². The zero-order chi connectivity index (χ0) is 13.7. The van der Waals surface area contributed by atoms with E-state index in [4.69, 9.17) is 0 Å². The zero-order valence-electron chi connectivity index (χ0n) is 11.0. The number of nitrogens with one attached hydrogen (secondary N) is 1. The lowest BCUT2D eigenvalue weighted by Gasteiger charge is -2.16. The summed E-state index contributed by atoms with van der Waals surface area (Å²) in [5.41, 5.74) is 0.868. The van der Waals surface area contributed by atoms with E-state index in [2.05, 4.69) is 5.32 Å². The molecule has 1 saturated heterocycles. The van der Waals surface area contributed by atoms with Crippen molar-refractivity contribution in [1.29, 1.82) is 0 Å². The number of carbonyl (C=O) groups is 2. The Morgan fingerprint density at radius 2 is 2.16 bits per heavy atom. The number of hydrogen-bond acceptors (Lipinski definition) is 3. The van der Waals surface area contributed by atoms with Crippen LogP contribution in [-0.4, -0.2) is 36.9 Å². The number of anilines is 1. The molecule has 102 valence electrons. The number of para-hydroxylation sites is 1. The quantitative estimate of drug-likeness (QED) is 0.656. The van der Waals surface area contributed by atoms with E-state index in [9.17, 15) is 9.59 Å². The molecule has 0 bridgehead atoms. The largest absolute Gasteiger partial charge is 0.355 e. The van der Waals surface area contributed by atoms with Crippen molar-refractivity contribution in [3.63, 3.8) is 0 Å². The standard InChI is InChI=1S/C14H18N2O2S/c1-19-10-8-15-13(17)12-7-9-16(14(12)18)11-5-3-2-4-6-11/h2-6,12H,7-10H2,1H3,(H,15,17)/t12-/m1/s1. The van der Waals surface area contributed by atoms with Gasteiger partial charge in [0.25, 0.3) is 0 Å². The van der Waals surface area contributed by atoms with Crippen molar-refractivity contribution in [3.8, 4) is 0 Å². The molecule has 19 heavy (non-hydrogen) atoms. The number of thioether (sulfide) groups is 1. The van der Waals surface area contributed by atoms with E-state index < -0.39 is 5.92 Å². The van der Waals surface area contributed by atoms with Crippen LogP contribution in [0.4, 0.5) is 5.69 Å². The van der Waals surface area contributed by atoms with Crippen LogP contribution in [-0.2, 0) is 9.59 Å². The Labute approximate surface area is 117 Å². The Morgan fingerprint density at radius 1 is 1.42 bits per heavy atom. The monoisotopic (exact) mass is 278 g/mol. The lowest BCUT2D eigenvalue weighted by Crippen LogP contribution is -2.37.